The van der Waals surface area contributed by atoms with Crippen LogP contribution in [0.4, 0.5) is 11.6 Å². The van der Waals surface area contributed by atoms with Crippen LogP contribution in [0, 0.1) is 10.1 Å². The van der Waals surface area contributed by atoms with Gasteiger partial charge in [0.15, 0.2) is 5.82 Å². The molecule has 0 radical (unpaired) electrons. The third-order valence-electron chi connectivity index (χ3n) is 4.42. The zero-order valence-corrected chi connectivity index (χ0v) is 13.6. The van der Waals surface area contributed by atoms with Gasteiger partial charge in [0.25, 0.3) is 0 Å². The summed E-state index contributed by atoms with van der Waals surface area (Å²) < 4.78 is 7.24. The summed E-state index contributed by atoms with van der Waals surface area (Å²) in [5.41, 5.74) is 1.56. The molecule has 0 N–H and O–H groups in total. The van der Waals surface area contributed by atoms with Gasteiger partial charge in [-0.2, -0.15) is 0 Å². The number of aromatic nitrogens is 3. The van der Waals surface area contributed by atoms with E-state index in [4.69, 9.17) is 4.74 Å². The molecule has 1 aliphatic rings. The van der Waals surface area contributed by atoms with E-state index in [2.05, 4.69) is 21.9 Å². The van der Waals surface area contributed by atoms with Gasteiger partial charge in [-0.05, 0) is 23.5 Å². The van der Waals surface area contributed by atoms with Crippen LogP contribution in [0.5, 0.6) is 0 Å². The van der Waals surface area contributed by atoms with Crippen molar-refractivity contribution in [2.75, 3.05) is 18.1 Å². The van der Waals surface area contributed by atoms with Crippen LogP contribution in [0.3, 0.4) is 0 Å². The molecule has 3 aromatic rings. The highest BCUT2D eigenvalue weighted by molar-refractivity contribution is 5.50. The molecular weight excluding hydrogens is 322 g/mol. The number of anilines is 1. The van der Waals surface area contributed by atoms with Crippen LogP contribution < -0.4 is 4.90 Å². The predicted molar refractivity (Wildman–Crippen MR) is 91.6 cm³/mol. The van der Waals surface area contributed by atoms with Crippen LogP contribution in [0.1, 0.15) is 18.6 Å². The van der Waals surface area contributed by atoms with Gasteiger partial charge in [-0.25, -0.2) is 4.98 Å². The van der Waals surface area contributed by atoms with E-state index >= 15 is 0 Å². The van der Waals surface area contributed by atoms with Crippen LogP contribution >= 0.6 is 0 Å². The van der Waals surface area contributed by atoms with E-state index in [1.165, 1.54) is 10.7 Å². The quantitative estimate of drug-likeness (QED) is 0.538. The minimum atomic E-state index is -0.480. The fourth-order valence-electron chi connectivity index (χ4n) is 3.07. The maximum absolute atomic E-state index is 11.1. The van der Waals surface area contributed by atoms with Gasteiger partial charge in [-0.15, -0.1) is 0 Å². The molecule has 25 heavy (non-hydrogen) atoms. The van der Waals surface area contributed by atoms with E-state index in [0.29, 0.717) is 24.6 Å². The van der Waals surface area contributed by atoms with Crippen LogP contribution in [-0.2, 0) is 4.74 Å². The van der Waals surface area contributed by atoms with Gasteiger partial charge in [0.2, 0.25) is 5.65 Å². The van der Waals surface area contributed by atoms with Crippen molar-refractivity contribution in [3.63, 3.8) is 0 Å². The first-order valence-corrected chi connectivity index (χ1v) is 8.06. The number of benzene rings is 1. The minimum absolute atomic E-state index is 0.0623. The van der Waals surface area contributed by atoms with Crippen molar-refractivity contribution in [2.45, 2.75) is 19.1 Å². The molecule has 0 aliphatic carbocycles. The van der Waals surface area contributed by atoms with Gasteiger partial charge in [0, 0.05) is 6.07 Å². The number of hydrogen-bond acceptors (Lipinski definition) is 6. The smallest absolute Gasteiger partial charge is 0.368 e. The lowest BCUT2D eigenvalue weighted by atomic mass is 10.1. The lowest BCUT2D eigenvalue weighted by molar-refractivity contribution is -0.391. The van der Waals surface area contributed by atoms with Gasteiger partial charge < -0.3 is 19.8 Å². The molecule has 128 valence electrons. The zero-order valence-electron chi connectivity index (χ0n) is 13.6. The summed E-state index contributed by atoms with van der Waals surface area (Å²) >= 11 is 0. The molecule has 8 heteroatoms. The molecule has 0 unspecified atom stereocenters. The van der Waals surface area contributed by atoms with Gasteiger partial charge in [-0.1, -0.05) is 39.9 Å². The summed E-state index contributed by atoms with van der Waals surface area (Å²) in [6, 6.07) is 13.7. The van der Waals surface area contributed by atoms with E-state index in [1.807, 2.05) is 36.4 Å². The zero-order chi connectivity index (χ0) is 17.4. The van der Waals surface area contributed by atoms with Crippen LogP contribution in [-0.4, -0.2) is 38.7 Å². The second-order valence-corrected chi connectivity index (χ2v) is 6.07. The molecule has 1 aromatic carbocycles. The minimum Gasteiger partial charge on any atom is -0.370 e. The summed E-state index contributed by atoms with van der Waals surface area (Å²) in [7, 11) is 0. The summed E-state index contributed by atoms with van der Waals surface area (Å²) in [6.07, 6.45) is 1.16. The van der Waals surface area contributed by atoms with Gasteiger partial charge in [0.05, 0.1) is 19.2 Å². The van der Waals surface area contributed by atoms with Crippen molar-refractivity contribution >= 4 is 17.3 Å². The van der Waals surface area contributed by atoms with E-state index in [1.54, 1.807) is 6.07 Å². The summed E-state index contributed by atoms with van der Waals surface area (Å²) in [4.78, 5) is 16.8. The average molecular weight is 339 g/mol. The molecule has 8 nitrogen and oxygen atoms in total. The Morgan fingerprint density at radius 2 is 2.04 bits per heavy atom. The molecule has 0 saturated carbocycles. The van der Waals surface area contributed by atoms with Crippen LogP contribution in [0.2, 0.25) is 0 Å². The second-order valence-electron chi connectivity index (χ2n) is 6.07. The maximum atomic E-state index is 11.1. The van der Waals surface area contributed by atoms with Crippen molar-refractivity contribution < 1.29 is 9.66 Å². The lowest BCUT2D eigenvalue weighted by Crippen LogP contribution is -2.45. The van der Waals surface area contributed by atoms with E-state index in [9.17, 15) is 10.1 Å². The van der Waals surface area contributed by atoms with Crippen molar-refractivity contribution in [2.24, 2.45) is 0 Å². The van der Waals surface area contributed by atoms with Crippen molar-refractivity contribution in [1.29, 1.82) is 0 Å². The predicted octanol–water partition coefficient (Wildman–Crippen LogP) is 2.60. The topological polar surface area (TPSA) is 85.8 Å². The molecule has 0 bridgehead atoms. The Morgan fingerprint density at radius 1 is 1.24 bits per heavy atom. The number of imidazole rings is 1. The number of nitro groups is 1. The Morgan fingerprint density at radius 3 is 2.80 bits per heavy atom. The number of rotatable bonds is 3. The third-order valence-corrected chi connectivity index (χ3v) is 4.42. The molecule has 0 spiro atoms. The highest BCUT2D eigenvalue weighted by atomic mass is 16.6. The van der Waals surface area contributed by atoms with Gasteiger partial charge in [-0.3, -0.25) is 0 Å². The summed E-state index contributed by atoms with van der Waals surface area (Å²) in [5, 5.41) is 15.6. The normalized spacial score (nSPS) is 20.8. The Hall–Kier alpha value is -3.00. The number of morpholine rings is 1. The number of hydrogen-bond donors (Lipinski definition) is 0. The third kappa shape index (κ3) is 2.80. The van der Waals surface area contributed by atoms with Crippen molar-refractivity contribution in [1.82, 2.24) is 14.6 Å². The molecule has 2 atom stereocenters. The standard InChI is InChI=1S/C17H17N5O3/c1-12-11-25-14(13-5-3-2-4-6-13)10-20(12)16-8-7-15-18-9-17(22(23)24)21(15)19-16/h2-9,12,14H,10-11H2,1H3/t12-,14+/m0/s1. The van der Waals surface area contributed by atoms with E-state index in [0.717, 1.165) is 5.56 Å². The van der Waals surface area contributed by atoms with Crippen molar-refractivity contribution in [3.8, 4) is 0 Å². The lowest BCUT2D eigenvalue weighted by Gasteiger charge is -2.38. The first kappa shape index (κ1) is 15.5. The molecule has 2 aromatic heterocycles. The number of ether oxygens (including phenoxy) is 1. The van der Waals surface area contributed by atoms with Crippen LogP contribution in [0.15, 0.2) is 48.7 Å². The molecule has 0 amide bonds. The number of fused-ring (bicyclic) bond motifs is 1. The Kier molecular flexibility index (Phi) is 3.81. The SMILES string of the molecule is C[C@H]1CO[C@@H](c2ccccc2)CN1c1ccc2ncc([N+](=O)[O-])n2n1. The molecular formula is C17H17N5O3. The maximum Gasteiger partial charge on any atom is 0.368 e. The Balaban J connectivity index is 1.68. The fraction of sp³-hybridized carbons (Fsp3) is 0.294. The second kappa shape index (κ2) is 6.14. The summed E-state index contributed by atoms with van der Waals surface area (Å²) in [6.45, 7) is 3.24. The van der Waals surface area contributed by atoms with E-state index in [-0.39, 0.29) is 18.0 Å². The molecule has 1 saturated heterocycles. The highest BCUT2D eigenvalue weighted by Crippen LogP contribution is 2.28. The van der Waals surface area contributed by atoms with E-state index < -0.39 is 4.92 Å². The average Bonchev–Trinajstić information content (AvgIpc) is 3.06. The Bertz CT molecular complexity index is 911. The molecule has 1 fully saturated rings. The Labute approximate surface area is 143 Å². The monoisotopic (exact) mass is 339 g/mol. The fourth-order valence-corrected chi connectivity index (χ4v) is 3.07. The van der Waals surface area contributed by atoms with Gasteiger partial charge >= 0.3 is 5.82 Å². The first-order valence-electron chi connectivity index (χ1n) is 8.06. The first-order chi connectivity index (χ1) is 12.1. The van der Waals surface area contributed by atoms with Gasteiger partial charge in [0.1, 0.15) is 12.3 Å². The molecule has 4 rings (SSSR count). The van der Waals surface area contributed by atoms with Crippen molar-refractivity contribution in [3.05, 3.63) is 64.3 Å². The number of nitrogens with zero attached hydrogens (tertiary/aromatic N) is 5. The molecule has 1 aliphatic heterocycles. The summed E-state index contributed by atoms with van der Waals surface area (Å²) in [5.74, 6) is 0.530. The largest absolute Gasteiger partial charge is 0.370 e. The highest BCUT2D eigenvalue weighted by Gasteiger charge is 2.29. The molecule has 3 heterocycles. The van der Waals surface area contributed by atoms with Crippen LogP contribution in [0.25, 0.3) is 5.65 Å².